The maximum atomic E-state index is 12.9. The summed E-state index contributed by atoms with van der Waals surface area (Å²) in [5, 5.41) is 3.15. The van der Waals surface area contributed by atoms with Gasteiger partial charge in [0, 0.05) is 23.8 Å². The monoisotopic (exact) mass is 439 g/mol. The van der Waals surface area contributed by atoms with Gasteiger partial charge in [0.05, 0.1) is 5.69 Å². The van der Waals surface area contributed by atoms with Crippen molar-refractivity contribution in [3.8, 4) is 0 Å². The Kier molecular flexibility index (Phi) is 7.03. The first-order valence-electron chi connectivity index (χ1n) is 9.63. The lowest BCUT2D eigenvalue weighted by Crippen LogP contribution is -2.54. The van der Waals surface area contributed by atoms with Crippen molar-refractivity contribution in [1.82, 2.24) is 5.32 Å². The van der Waals surface area contributed by atoms with Gasteiger partial charge in [-0.1, -0.05) is 35.9 Å². The van der Waals surface area contributed by atoms with E-state index >= 15 is 0 Å². The highest BCUT2D eigenvalue weighted by Gasteiger charge is 2.33. The van der Waals surface area contributed by atoms with E-state index in [0.717, 1.165) is 24.3 Å². The fourth-order valence-electron chi connectivity index (χ4n) is 3.14. The summed E-state index contributed by atoms with van der Waals surface area (Å²) in [5.74, 6) is -0.996. The number of thiocarbonyl (C=S) groups is 1. The summed E-state index contributed by atoms with van der Waals surface area (Å²) in [6.07, 6.45) is 5.04. The van der Waals surface area contributed by atoms with Gasteiger partial charge in [-0.15, -0.1) is 0 Å². The van der Waals surface area contributed by atoms with Crippen LogP contribution >= 0.6 is 23.8 Å². The van der Waals surface area contributed by atoms with Crippen LogP contribution in [0.3, 0.4) is 0 Å². The average Bonchev–Trinajstić information content (AvgIpc) is 2.73. The Morgan fingerprint density at radius 1 is 1.03 bits per heavy atom. The standard InChI is InChI=1S/C23H22ClN3O2S/c1-3-26(4-2)18-12-8-16(9-13-18)6-5-7-20-21(28)25-23(30)27(22(20)29)19-14-10-17(24)11-15-19/h5-15H,3-4H2,1-2H3,(H,25,28,30)/b6-5-,20-7-. The summed E-state index contributed by atoms with van der Waals surface area (Å²) < 4.78 is 0. The topological polar surface area (TPSA) is 52.7 Å². The molecule has 154 valence electrons. The molecule has 2 amide bonds. The molecule has 1 fully saturated rings. The molecule has 3 rings (SSSR count). The largest absolute Gasteiger partial charge is 0.372 e. The Bertz CT molecular complexity index is 1010. The summed E-state index contributed by atoms with van der Waals surface area (Å²) in [5.41, 5.74) is 2.67. The molecule has 5 nitrogen and oxygen atoms in total. The third-order valence-corrected chi connectivity index (χ3v) is 5.30. The van der Waals surface area contributed by atoms with Gasteiger partial charge in [-0.05, 0) is 74.1 Å². The van der Waals surface area contributed by atoms with Crippen LogP contribution in [0.1, 0.15) is 19.4 Å². The third-order valence-electron chi connectivity index (χ3n) is 4.76. The van der Waals surface area contributed by atoms with Crippen LogP contribution in [0, 0.1) is 0 Å². The Hall–Kier alpha value is -2.96. The van der Waals surface area contributed by atoms with Crippen LogP contribution in [-0.4, -0.2) is 30.0 Å². The van der Waals surface area contributed by atoms with Crippen LogP contribution in [0.2, 0.25) is 5.02 Å². The van der Waals surface area contributed by atoms with Gasteiger partial charge >= 0.3 is 0 Å². The molecule has 1 heterocycles. The Balaban J connectivity index is 1.79. The number of benzene rings is 2. The molecule has 0 saturated carbocycles. The van der Waals surface area contributed by atoms with Crippen molar-refractivity contribution in [3.05, 3.63) is 76.8 Å². The molecule has 7 heteroatoms. The fraction of sp³-hybridized carbons (Fsp3) is 0.174. The van der Waals surface area contributed by atoms with Crippen LogP contribution in [-0.2, 0) is 9.59 Å². The summed E-state index contributed by atoms with van der Waals surface area (Å²) in [4.78, 5) is 28.7. The van der Waals surface area contributed by atoms with Crippen LogP contribution in [0.5, 0.6) is 0 Å². The minimum Gasteiger partial charge on any atom is -0.372 e. The number of hydrogen-bond donors (Lipinski definition) is 1. The lowest BCUT2D eigenvalue weighted by Gasteiger charge is -2.28. The number of carbonyl (C=O) groups excluding carboxylic acids is 2. The van der Waals surface area contributed by atoms with Gasteiger partial charge in [-0.2, -0.15) is 0 Å². The van der Waals surface area contributed by atoms with Gasteiger partial charge < -0.3 is 4.90 Å². The molecule has 30 heavy (non-hydrogen) atoms. The number of rotatable bonds is 6. The zero-order valence-corrected chi connectivity index (χ0v) is 18.3. The van der Waals surface area contributed by atoms with Crippen molar-refractivity contribution in [2.45, 2.75) is 13.8 Å². The molecular formula is C23H22ClN3O2S. The summed E-state index contributed by atoms with van der Waals surface area (Å²) in [7, 11) is 0. The molecule has 0 aromatic heterocycles. The number of nitrogens with zero attached hydrogens (tertiary/aromatic N) is 2. The Morgan fingerprint density at radius 3 is 2.27 bits per heavy atom. The van der Waals surface area contributed by atoms with E-state index in [-0.39, 0.29) is 10.7 Å². The molecule has 0 aliphatic carbocycles. The highest BCUT2D eigenvalue weighted by Crippen LogP contribution is 2.23. The maximum absolute atomic E-state index is 12.9. The molecule has 0 bridgehead atoms. The first-order chi connectivity index (χ1) is 14.4. The molecule has 0 atom stereocenters. The van der Waals surface area contributed by atoms with Gasteiger partial charge in [0.1, 0.15) is 5.57 Å². The van der Waals surface area contributed by atoms with Crippen LogP contribution in [0.4, 0.5) is 11.4 Å². The smallest absolute Gasteiger partial charge is 0.270 e. The number of anilines is 2. The van der Waals surface area contributed by atoms with Gasteiger partial charge in [0.2, 0.25) is 0 Å². The van der Waals surface area contributed by atoms with Crippen molar-refractivity contribution < 1.29 is 9.59 Å². The second-order valence-electron chi connectivity index (χ2n) is 6.58. The Labute approximate surface area is 186 Å². The van der Waals surface area contributed by atoms with Gasteiger partial charge in [0.15, 0.2) is 5.11 Å². The van der Waals surface area contributed by atoms with Crippen molar-refractivity contribution in [3.63, 3.8) is 0 Å². The zero-order valence-electron chi connectivity index (χ0n) is 16.8. The van der Waals surface area contributed by atoms with Crippen molar-refractivity contribution >= 4 is 58.2 Å². The predicted octanol–water partition coefficient (Wildman–Crippen LogP) is 4.57. The summed E-state index contributed by atoms with van der Waals surface area (Å²) in [6, 6.07) is 14.8. The molecule has 1 saturated heterocycles. The first kappa shape index (κ1) is 21.7. The SMILES string of the molecule is CCN(CC)c1ccc(/C=C\C=C2\C(=O)NC(=S)N(c3ccc(Cl)cc3)C2=O)cc1. The highest BCUT2D eigenvalue weighted by molar-refractivity contribution is 7.80. The van der Waals surface area contributed by atoms with Crippen LogP contribution in [0.15, 0.2) is 66.3 Å². The maximum Gasteiger partial charge on any atom is 0.270 e. The summed E-state index contributed by atoms with van der Waals surface area (Å²) >= 11 is 11.1. The lowest BCUT2D eigenvalue weighted by atomic mass is 10.1. The van der Waals surface area contributed by atoms with Crippen molar-refractivity contribution in [1.29, 1.82) is 0 Å². The second-order valence-corrected chi connectivity index (χ2v) is 7.40. The number of amides is 2. The van der Waals surface area contributed by atoms with E-state index in [1.165, 1.54) is 11.0 Å². The molecular weight excluding hydrogens is 418 g/mol. The minimum atomic E-state index is -0.517. The molecule has 2 aromatic rings. The molecule has 0 spiro atoms. The number of carbonyl (C=O) groups is 2. The molecule has 1 aliphatic rings. The van der Waals surface area contributed by atoms with Gasteiger partial charge in [-0.25, -0.2) is 0 Å². The predicted molar refractivity (Wildman–Crippen MR) is 127 cm³/mol. The van der Waals surface area contributed by atoms with Crippen molar-refractivity contribution in [2.24, 2.45) is 0 Å². The van der Waals surface area contributed by atoms with E-state index in [4.69, 9.17) is 23.8 Å². The molecule has 0 radical (unpaired) electrons. The van der Waals surface area contributed by atoms with E-state index in [1.807, 2.05) is 18.2 Å². The quantitative estimate of drug-likeness (QED) is 0.407. The lowest BCUT2D eigenvalue weighted by molar-refractivity contribution is -0.122. The van der Waals surface area contributed by atoms with E-state index in [2.05, 4.69) is 36.2 Å². The first-order valence-corrected chi connectivity index (χ1v) is 10.4. The van der Waals surface area contributed by atoms with E-state index in [9.17, 15) is 9.59 Å². The number of halogens is 1. The average molecular weight is 440 g/mol. The third kappa shape index (κ3) is 4.78. The second kappa shape index (κ2) is 9.69. The van der Waals surface area contributed by atoms with Crippen molar-refractivity contribution in [2.75, 3.05) is 22.9 Å². The molecule has 1 N–H and O–H groups in total. The van der Waals surface area contributed by atoms with Gasteiger partial charge in [-0.3, -0.25) is 19.8 Å². The van der Waals surface area contributed by atoms with Crippen LogP contribution < -0.4 is 15.1 Å². The Morgan fingerprint density at radius 2 is 1.67 bits per heavy atom. The molecule has 1 aliphatic heterocycles. The highest BCUT2D eigenvalue weighted by atomic mass is 35.5. The number of nitrogens with one attached hydrogen (secondary N) is 1. The number of hydrogen-bond acceptors (Lipinski definition) is 4. The minimum absolute atomic E-state index is 0.00885. The number of allylic oxidation sites excluding steroid dienone is 2. The van der Waals surface area contributed by atoms with E-state index in [0.29, 0.717) is 10.7 Å². The van der Waals surface area contributed by atoms with Crippen LogP contribution in [0.25, 0.3) is 6.08 Å². The van der Waals surface area contributed by atoms with Gasteiger partial charge in [0.25, 0.3) is 11.8 Å². The molecule has 2 aromatic carbocycles. The van der Waals surface area contributed by atoms with E-state index < -0.39 is 11.8 Å². The molecule has 0 unspecified atom stereocenters. The van der Waals surface area contributed by atoms with E-state index in [1.54, 1.807) is 30.3 Å². The summed E-state index contributed by atoms with van der Waals surface area (Å²) in [6.45, 7) is 6.13. The normalized spacial score (nSPS) is 15.8. The zero-order chi connectivity index (χ0) is 21.7. The fourth-order valence-corrected chi connectivity index (χ4v) is 3.55.